The number of hydrogen-bond donors (Lipinski definition) is 1. The molecular weight excluding hydrogens is 342 g/mol. The first-order chi connectivity index (χ1) is 12.8. The zero-order valence-corrected chi connectivity index (χ0v) is 16.0. The number of thiazole rings is 1. The summed E-state index contributed by atoms with van der Waals surface area (Å²) < 4.78 is 5.58. The first-order valence-electron chi connectivity index (χ1n) is 9.86. The minimum absolute atomic E-state index is 0.354. The maximum absolute atomic E-state index is 5.58. The van der Waals surface area contributed by atoms with E-state index in [9.17, 15) is 0 Å². The van der Waals surface area contributed by atoms with Gasteiger partial charge in [-0.1, -0.05) is 24.3 Å². The molecule has 1 aliphatic carbocycles. The van der Waals surface area contributed by atoms with Gasteiger partial charge in [-0.05, 0) is 55.3 Å². The lowest BCUT2D eigenvalue weighted by Crippen LogP contribution is -2.42. The molecule has 0 unspecified atom stereocenters. The highest BCUT2D eigenvalue weighted by Gasteiger charge is 2.45. The van der Waals surface area contributed by atoms with Crippen LogP contribution in [0.5, 0.6) is 0 Å². The standard InChI is InChI=1S/C21H27N3OS/c1-2-4-18-17(3-1)19(23-16-5-11-25-15-16)13-21(18)6-9-24(10-7-21)14-20-22-8-12-26-20/h1-4,8,12,16,19,23H,5-7,9-11,13-15H2/t16-,19-/m1/s1. The summed E-state index contributed by atoms with van der Waals surface area (Å²) in [5.41, 5.74) is 3.49. The third kappa shape index (κ3) is 3.11. The van der Waals surface area contributed by atoms with E-state index in [4.69, 9.17) is 4.74 Å². The van der Waals surface area contributed by atoms with Crippen LogP contribution in [0.3, 0.4) is 0 Å². The van der Waals surface area contributed by atoms with Crippen LogP contribution in [-0.2, 0) is 16.7 Å². The van der Waals surface area contributed by atoms with Gasteiger partial charge in [-0.3, -0.25) is 4.90 Å². The highest BCUT2D eigenvalue weighted by Crippen LogP contribution is 2.51. The highest BCUT2D eigenvalue weighted by molar-refractivity contribution is 7.09. The summed E-state index contributed by atoms with van der Waals surface area (Å²) in [4.78, 5) is 7.04. The number of nitrogens with zero attached hydrogens (tertiary/aromatic N) is 2. The van der Waals surface area contributed by atoms with E-state index in [0.717, 1.165) is 26.2 Å². The average molecular weight is 370 g/mol. The Hall–Kier alpha value is -1.27. The van der Waals surface area contributed by atoms with E-state index in [1.807, 2.05) is 6.20 Å². The molecule has 3 heterocycles. The number of likely N-dealkylation sites (tertiary alicyclic amines) is 1. The second-order valence-corrected chi connectivity index (χ2v) is 9.03. The summed E-state index contributed by atoms with van der Waals surface area (Å²) >= 11 is 1.77. The number of nitrogens with one attached hydrogen (secondary N) is 1. The number of piperidine rings is 1. The Kier molecular flexibility index (Phi) is 4.57. The zero-order chi connectivity index (χ0) is 17.4. The van der Waals surface area contributed by atoms with E-state index < -0.39 is 0 Å². The Bertz CT molecular complexity index is 733. The van der Waals surface area contributed by atoms with E-state index in [0.29, 0.717) is 17.5 Å². The Morgan fingerprint density at radius 1 is 1.27 bits per heavy atom. The van der Waals surface area contributed by atoms with Crippen LogP contribution >= 0.6 is 11.3 Å². The van der Waals surface area contributed by atoms with Gasteiger partial charge >= 0.3 is 0 Å². The molecule has 2 saturated heterocycles. The molecule has 0 bridgehead atoms. The van der Waals surface area contributed by atoms with Crippen molar-refractivity contribution in [2.45, 2.75) is 49.7 Å². The van der Waals surface area contributed by atoms with Crippen LogP contribution in [-0.4, -0.2) is 42.2 Å². The monoisotopic (exact) mass is 369 g/mol. The van der Waals surface area contributed by atoms with E-state index in [1.165, 1.54) is 42.9 Å². The number of ether oxygens (including phenoxy) is 1. The van der Waals surface area contributed by atoms with Crippen LogP contribution in [0.1, 0.15) is 47.9 Å². The molecule has 2 atom stereocenters. The van der Waals surface area contributed by atoms with Gasteiger partial charge in [0.25, 0.3) is 0 Å². The third-order valence-corrected chi connectivity index (χ3v) is 7.29. The highest BCUT2D eigenvalue weighted by atomic mass is 32.1. The van der Waals surface area contributed by atoms with Gasteiger partial charge in [0.1, 0.15) is 5.01 Å². The van der Waals surface area contributed by atoms with E-state index in [2.05, 4.69) is 44.8 Å². The Morgan fingerprint density at radius 2 is 2.15 bits per heavy atom. The number of rotatable bonds is 4. The van der Waals surface area contributed by atoms with Gasteiger partial charge < -0.3 is 10.1 Å². The number of benzene rings is 1. The van der Waals surface area contributed by atoms with Crippen LogP contribution in [0, 0.1) is 0 Å². The molecule has 138 valence electrons. The fourth-order valence-electron chi connectivity index (χ4n) is 5.13. The molecule has 2 aliphatic heterocycles. The van der Waals surface area contributed by atoms with Gasteiger partial charge in [0.15, 0.2) is 0 Å². The van der Waals surface area contributed by atoms with Crippen molar-refractivity contribution in [1.82, 2.24) is 15.2 Å². The van der Waals surface area contributed by atoms with Crippen LogP contribution < -0.4 is 5.32 Å². The van der Waals surface area contributed by atoms with Crippen molar-refractivity contribution in [3.05, 3.63) is 52.0 Å². The van der Waals surface area contributed by atoms with Crippen molar-refractivity contribution in [3.63, 3.8) is 0 Å². The van der Waals surface area contributed by atoms with Gasteiger partial charge in [0.2, 0.25) is 0 Å². The minimum Gasteiger partial charge on any atom is -0.380 e. The van der Waals surface area contributed by atoms with Crippen LogP contribution in [0.25, 0.3) is 0 Å². The normalized spacial score (nSPS) is 27.8. The van der Waals surface area contributed by atoms with E-state index >= 15 is 0 Å². The minimum atomic E-state index is 0.354. The largest absolute Gasteiger partial charge is 0.380 e. The van der Waals surface area contributed by atoms with Crippen molar-refractivity contribution in [2.75, 3.05) is 26.3 Å². The summed E-state index contributed by atoms with van der Waals surface area (Å²) in [6.07, 6.45) is 6.83. The van der Waals surface area contributed by atoms with Crippen molar-refractivity contribution < 1.29 is 4.74 Å². The van der Waals surface area contributed by atoms with Crippen molar-refractivity contribution in [1.29, 1.82) is 0 Å². The third-order valence-electron chi connectivity index (χ3n) is 6.52. The van der Waals surface area contributed by atoms with E-state index in [-0.39, 0.29) is 0 Å². The number of fused-ring (bicyclic) bond motifs is 2. The number of hydrogen-bond acceptors (Lipinski definition) is 5. The molecule has 1 aromatic heterocycles. The van der Waals surface area contributed by atoms with Crippen LogP contribution in [0.15, 0.2) is 35.8 Å². The summed E-state index contributed by atoms with van der Waals surface area (Å²) in [6, 6.07) is 10.2. The molecule has 0 radical (unpaired) electrons. The van der Waals surface area contributed by atoms with Gasteiger partial charge in [-0.2, -0.15) is 0 Å². The summed E-state index contributed by atoms with van der Waals surface area (Å²) in [5.74, 6) is 0. The van der Waals surface area contributed by atoms with Gasteiger partial charge in [-0.25, -0.2) is 4.98 Å². The molecule has 4 nitrogen and oxygen atoms in total. The summed E-state index contributed by atoms with van der Waals surface area (Å²) in [5, 5.41) is 7.23. The predicted molar refractivity (Wildman–Crippen MR) is 104 cm³/mol. The first kappa shape index (κ1) is 16.9. The molecule has 1 N–H and O–H groups in total. The molecular formula is C21H27N3OS. The SMILES string of the molecule is c1ccc2c(c1)[C@H](N[C@@H]1CCOC1)CC21CCN(Cc2nccs2)CC1. The molecule has 0 amide bonds. The van der Waals surface area contributed by atoms with Crippen LogP contribution in [0.2, 0.25) is 0 Å². The van der Waals surface area contributed by atoms with Crippen molar-refractivity contribution in [2.24, 2.45) is 0 Å². The summed E-state index contributed by atoms with van der Waals surface area (Å²) in [6.45, 7) is 5.13. The van der Waals surface area contributed by atoms with Gasteiger partial charge in [-0.15, -0.1) is 11.3 Å². The smallest absolute Gasteiger partial charge is 0.107 e. The van der Waals surface area contributed by atoms with Crippen molar-refractivity contribution >= 4 is 11.3 Å². The summed E-state index contributed by atoms with van der Waals surface area (Å²) in [7, 11) is 0. The molecule has 1 aromatic carbocycles. The molecule has 1 spiro atoms. The van der Waals surface area contributed by atoms with Gasteiger partial charge in [0, 0.05) is 30.3 Å². The fourth-order valence-corrected chi connectivity index (χ4v) is 5.79. The molecule has 26 heavy (non-hydrogen) atoms. The number of aromatic nitrogens is 1. The fraction of sp³-hybridized carbons (Fsp3) is 0.571. The first-order valence-corrected chi connectivity index (χ1v) is 10.7. The topological polar surface area (TPSA) is 37.4 Å². The zero-order valence-electron chi connectivity index (χ0n) is 15.2. The maximum atomic E-state index is 5.58. The van der Waals surface area contributed by atoms with E-state index in [1.54, 1.807) is 16.9 Å². The lowest BCUT2D eigenvalue weighted by atomic mass is 9.73. The molecule has 0 saturated carbocycles. The average Bonchev–Trinajstić information content (AvgIpc) is 3.41. The Labute approximate surface area is 159 Å². The predicted octanol–water partition coefficient (Wildman–Crippen LogP) is 3.50. The Morgan fingerprint density at radius 3 is 2.92 bits per heavy atom. The molecule has 5 heteroatoms. The maximum Gasteiger partial charge on any atom is 0.107 e. The molecule has 2 aromatic rings. The quantitative estimate of drug-likeness (QED) is 0.895. The molecule has 3 aliphatic rings. The molecule has 5 rings (SSSR count). The lowest BCUT2D eigenvalue weighted by Gasteiger charge is -2.40. The molecule has 2 fully saturated rings. The second kappa shape index (κ2) is 7.04. The Balaban J connectivity index is 1.31. The lowest BCUT2D eigenvalue weighted by molar-refractivity contribution is 0.144. The second-order valence-electron chi connectivity index (χ2n) is 8.05. The van der Waals surface area contributed by atoms with Crippen LogP contribution in [0.4, 0.5) is 0 Å². The van der Waals surface area contributed by atoms with Crippen molar-refractivity contribution in [3.8, 4) is 0 Å². The van der Waals surface area contributed by atoms with Gasteiger partial charge in [0.05, 0.1) is 13.2 Å².